The number of anilines is 2. The highest BCUT2D eigenvalue weighted by Gasteiger charge is 2.30. The predicted octanol–water partition coefficient (Wildman–Crippen LogP) is 4.06. The Morgan fingerprint density at radius 3 is 2.68 bits per heavy atom. The third kappa shape index (κ3) is 2.93. The van der Waals surface area contributed by atoms with Crippen molar-refractivity contribution in [2.75, 3.05) is 10.6 Å². The van der Waals surface area contributed by atoms with Gasteiger partial charge in [-0.1, -0.05) is 41.4 Å². The van der Waals surface area contributed by atoms with E-state index in [-0.39, 0.29) is 18.2 Å². The fraction of sp³-hybridized carbons (Fsp3) is 0.125. The molecule has 0 spiro atoms. The number of fused-ring (bicyclic) bond motifs is 1. The Morgan fingerprint density at radius 2 is 1.91 bits per heavy atom. The maximum Gasteiger partial charge on any atom is 0.232 e. The summed E-state index contributed by atoms with van der Waals surface area (Å²) < 4.78 is 0. The monoisotopic (exact) mass is 334 g/mol. The summed E-state index contributed by atoms with van der Waals surface area (Å²) in [6.45, 7) is 0. The molecular weight excluding hydrogens is 323 g/mol. The molecule has 0 saturated heterocycles. The number of hydrogen-bond acceptors (Lipinski definition) is 2. The second kappa shape index (κ2) is 5.99. The minimum atomic E-state index is -0.528. The standard InChI is InChI=1S/C16H12Cl2N2O2/c17-12-6-5-9(7-13(12)18)19-16(22)11-8-15(21)20-14-4-2-1-3-10(11)14/h1-7,11H,8H2,(H,19,22)(H,20,21). The third-order valence-electron chi connectivity index (χ3n) is 3.50. The van der Waals surface area contributed by atoms with Gasteiger partial charge in [-0.25, -0.2) is 0 Å². The van der Waals surface area contributed by atoms with Gasteiger partial charge >= 0.3 is 0 Å². The molecule has 112 valence electrons. The van der Waals surface area contributed by atoms with Crippen LogP contribution in [0.5, 0.6) is 0 Å². The van der Waals surface area contributed by atoms with Crippen molar-refractivity contribution in [2.24, 2.45) is 0 Å². The van der Waals surface area contributed by atoms with Crippen molar-refractivity contribution in [3.8, 4) is 0 Å². The molecule has 3 rings (SSSR count). The van der Waals surface area contributed by atoms with Gasteiger partial charge in [0.25, 0.3) is 0 Å². The summed E-state index contributed by atoms with van der Waals surface area (Å²) in [6, 6.07) is 12.1. The number of rotatable bonds is 2. The van der Waals surface area contributed by atoms with Gasteiger partial charge in [-0.05, 0) is 29.8 Å². The van der Waals surface area contributed by atoms with Crippen molar-refractivity contribution < 1.29 is 9.59 Å². The summed E-state index contributed by atoms with van der Waals surface area (Å²) in [7, 11) is 0. The lowest BCUT2D eigenvalue weighted by atomic mass is 9.90. The lowest BCUT2D eigenvalue weighted by Crippen LogP contribution is -2.30. The first-order valence-electron chi connectivity index (χ1n) is 6.69. The summed E-state index contributed by atoms with van der Waals surface area (Å²) in [6.07, 6.45) is 0.115. The SMILES string of the molecule is O=C1CC(C(=O)Nc2ccc(Cl)c(Cl)c2)c2ccccc2N1. The molecule has 2 amide bonds. The van der Waals surface area contributed by atoms with Crippen molar-refractivity contribution >= 4 is 46.4 Å². The van der Waals surface area contributed by atoms with E-state index in [4.69, 9.17) is 23.2 Å². The maximum atomic E-state index is 12.5. The first kappa shape index (κ1) is 14.9. The van der Waals surface area contributed by atoms with E-state index in [1.807, 2.05) is 18.2 Å². The Balaban J connectivity index is 1.86. The summed E-state index contributed by atoms with van der Waals surface area (Å²) in [5, 5.41) is 6.33. The van der Waals surface area contributed by atoms with Gasteiger partial charge in [0.1, 0.15) is 0 Å². The van der Waals surface area contributed by atoms with E-state index in [9.17, 15) is 9.59 Å². The number of carbonyl (C=O) groups is 2. The van der Waals surface area contributed by atoms with Crippen molar-refractivity contribution in [1.29, 1.82) is 0 Å². The zero-order valence-electron chi connectivity index (χ0n) is 11.4. The molecule has 0 bridgehead atoms. The molecule has 2 N–H and O–H groups in total. The molecule has 2 aromatic rings. The van der Waals surface area contributed by atoms with Crippen LogP contribution >= 0.6 is 23.2 Å². The number of hydrogen-bond donors (Lipinski definition) is 2. The first-order valence-corrected chi connectivity index (χ1v) is 7.45. The number of benzene rings is 2. The van der Waals surface area contributed by atoms with Crippen molar-refractivity contribution in [3.63, 3.8) is 0 Å². The first-order chi connectivity index (χ1) is 10.5. The van der Waals surface area contributed by atoms with Crippen LogP contribution in [-0.2, 0) is 9.59 Å². The fourth-order valence-electron chi connectivity index (χ4n) is 2.45. The van der Waals surface area contributed by atoms with Crippen LogP contribution in [0.3, 0.4) is 0 Å². The van der Waals surface area contributed by atoms with Crippen molar-refractivity contribution in [1.82, 2.24) is 0 Å². The van der Waals surface area contributed by atoms with Gasteiger partial charge < -0.3 is 10.6 Å². The lowest BCUT2D eigenvalue weighted by molar-refractivity contribution is -0.123. The zero-order valence-corrected chi connectivity index (χ0v) is 12.9. The highest BCUT2D eigenvalue weighted by atomic mass is 35.5. The average Bonchev–Trinajstić information content (AvgIpc) is 2.50. The van der Waals surface area contributed by atoms with Crippen LogP contribution in [0.2, 0.25) is 10.0 Å². The van der Waals surface area contributed by atoms with Crippen LogP contribution in [0.15, 0.2) is 42.5 Å². The van der Waals surface area contributed by atoms with Gasteiger partial charge in [-0.2, -0.15) is 0 Å². The molecule has 0 fully saturated rings. The molecule has 6 heteroatoms. The number of halogens is 2. The molecule has 1 heterocycles. The summed E-state index contributed by atoms with van der Waals surface area (Å²) in [5.74, 6) is -0.951. The molecule has 0 saturated carbocycles. The zero-order chi connectivity index (χ0) is 15.7. The van der Waals surface area contributed by atoms with Gasteiger partial charge in [0.2, 0.25) is 11.8 Å². The maximum absolute atomic E-state index is 12.5. The lowest BCUT2D eigenvalue weighted by Gasteiger charge is -2.24. The van der Waals surface area contributed by atoms with Crippen molar-refractivity contribution in [2.45, 2.75) is 12.3 Å². The van der Waals surface area contributed by atoms with Crippen LogP contribution in [0.4, 0.5) is 11.4 Å². The minimum Gasteiger partial charge on any atom is -0.326 e. The van der Waals surface area contributed by atoms with E-state index >= 15 is 0 Å². The van der Waals surface area contributed by atoms with Gasteiger partial charge in [0, 0.05) is 17.8 Å². The number of nitrogens with one attached hydrogen (secondary N) is 2. The second-order valence-electron chi connectivity index (χ2n) is 5.01. The smallest absolute Gasteiger partial charge is 0.232 e. The Hall–Kier alpha value is -2.04. The Labute approximate surface area is 137 Å². The molecule has 0 aliphatic carbocycles. The predicted molar refractivity (Wildman–Crippen MR) is 87.5 cm³/mol. The van der Waals surface area contributed by atoms with E-state index < -0.39 is 5.92 Å². The topological polar surface area (TPSA) is 58.2 Å². The van der Waals surface area contributed by atoms with E-state index in [1.54, 1.807) is 24.3 Å². The Bertz CT molecular complexity index is 762. The Morgan fingerprint density at radius 1 is 1.14 bits per heavy atom. The largest absolute Gasteiger partial charge is 0.326 e. The van der Waals surface area contributed by atoms with Gasteiger partial charge in [-0.15, -0.1) is 0 Å². The van der Waals surface area contributed by atoms with E-state index in [0.29, 0.717) is 21.4 Å². The number of para-hydroxylation sites is 1. The normalized spacial score (nSPS) is 16.6. The minimum absolute atomic E-state index is 0.115. The second-order valence-corrected chi connectivity index (χ2v) is 5.82. The summed E-state index contributed by atoms with van der Waals surface area (Å²) >= 11 is 11.8. The molecule has 2 aromatic carbocycles. The molecular formula is C16H12Cl2N2O2. The number of amides is 2. The molecule has 22 heavy (non-hydrogen) atoms. The highest BCUT2D eigenvalue weighted by Crippen LogP contribution is 2.33. The highest BCUT2D eigenvalue weighted by molar-refractivity contribution is 6.42. The molecule has 0 aromatic heterocycles. The van der Waals surface area contributed by atoms with Crippen LogP contribution in [0, 0.1) is 0 Å². The fourth-order valence-corrected chi connectivity index (χ4v) is 2.75. The van der Waals surface area contributed by atoms with E-state index in [2.05, 4.69) is 10.6 Å². The summed E-state index contributed by atoms with van der Waals surface area (Å²) in [4.78, 5) is 24.3. The number of carbonyl (C=O) groups excluding carboxylic acids is 2. The van der Waals surface area contributed by atoms with Crippen molar-refractivity contribution in [3.05, 3.63) is 58.1 Å². The quantitative estimate of drug-likeness (QED) is 0.870. The van der Waals surface area contributed by atoms with Crippen LogP contribution in [-0.4, -0.2) is 11.8 Å². The molecule has 1 unspecified atom stereocenters. The third-order valence-corrected chi connectivity index (χ3v) is 4.24. The molecule has 0 radical (unpaired) electrons. The van der Waals surface area contributed by atoms with Crippen LogP contribution < -0.4 is 10.6 Å². The van der Waals surface area contributed by atoms with Gasteiger partial charge in [0.15, 0.2) is 0 Å². The summed E-state index contributed by atoms with van der Waals surface area (Å²) in [5.41, 5.74) is 2.02. The Kier molecular flexibility index (Phi) is 4.05. The van der Waals surface area contributed by atoms with Crippen LogP contribution in [0.25, 0.3) is 0 Å². The van der Waals surface area contributed by atoms with Gasteiger partial charge in [0.05, 0.1) is 16.0 Å². The molecule has 1 aliphatic rings. The van der Waals surface area contributed by atoms with E-state index in [1.165, 1.54) is 0 Å². The molecule has 1 aliphatic heterocycles. The molecule has 1 atom stereocenters. The average molecular weight is 335 g/mol. The van der Waals surface area contributed by atoms with E-state index in [0.717, 1.165) is 5.56 Å². The van der Waals surface area contributed by atoms with Crippen LogP contribution in [0.1, 0.15) is 17.9 Å². The molecule has 4 nitrogen and oxygen atoms in total. The van der Waals surface area contributed by atoms with Gasteiger partial charge in [-0.3, -0.25) is 9.59 Å².